The van der Waals surface area contributed by atoms with Crippen molar-refractivity contribution in [3.63, 3.8) is 0 Å². The fraction of sp³-hybridized carbons (Fsp3) is 1.00. The number of rotatable bonds is 2. The van der Waals surface area contributed by atoms with E-state index in [-0.39, 0.29) is 6.04 Å². The van der Waals surface area contributed by atoms with Gasteiger partial charge in [0.25, 0.3) is 0 Å². The molecule has 0 heterocycles. The molecular weight excluding hydrogens is 145 g/mol. The molecule has 0 spiro atoms. The first kappa shape index (κ1) is 8.53. The Hall–Kier alpha value is 0.530. The third-order valence-electron chi connectivity index (χ3n) is 0.416. The van der Waals surface area contributed by atoms with Crippen molar-refractivity contribution in [3.05, 3.63) is 0 Å². The topological polar surface area (TPSA) is 58.1 Å². The summed E-state index contributed by atoms with van der Waals surface area (Å²) in [6, 6.07) is -0.0872. The molecule has 0 aliphatic carbocycles. The maximum Gasteiger partial charge on any atom is 0.00305 e. The molecule has 0 aromatic rings. The van der Waals surface area contributed by atoms with Crippen LogP contribution < -0.4 is 14.9 Å². The standard InChI is InChI=1S/C3H10NO2PS/c1-3(2)4-7(5,6)8/h3H,1-2H3,(H3,4,5,6,8)/p-2. The first-order valence-corrected chi connectivity index (χ1v) is 4.85. The number of hydrogen-bond donors (Lipinski definition) is 1. The van der Waals surface area contributed by atoms with Crippen molar-refractivity contribution in [2.45, 2.75) is 19.9 Å². The van der Waals surface area contributed by atoms with Gasteiger partial charge in [-0.25, -0.2) is 0 Å². The lowest BCUT2D eigenvalue weighted by Crippen LogP contribution is -2.32. The maximum absolute atomic E-state index is 10.2. The van der Waals surface area contributed by atoms with Crippen molar-refractivity contribution in [2.24, 2.45) is 0 Å². The molecule has 3 nitrogen and oxygen atoms in total. The van der Waals surface area contributed by atoms with Gasteiger partial charge in [0.15, 0.2) is 0 Å². The van der Waals surface area contributed by atoms with E-state index in [1.807, 2.05) is 0 Å². The summed E-state index contributed by atoms with van der Waals surface area (Å²) in [6.45, 7) is -0.200. The van der Waals surface area contributed by atoms with Crippen LogP contribution in [-0.2, 0) is 11.8 Å². The van der Waals surface area contributed by atoms with E-state index < -0.39 is 6.64 Å². The van der Waals surface area contributed by atoms with Gasteiger partial charge in [-0.15, -0.1) is 11.8 Å². The molecular formula is C3H8NO2PS-2. The molecule has 0 radical (unpaired) electrons. The minimum absolute atomic E-state index is 0.0872. The molecule has 0 aliphatic rings. The molecule has 8 heavy (non-hydrogen) atoms. The van der Waals surface area contributed by atoms with Crippen LogP contribution in [0.1, 0.15) is 13.8 Å². The van der Waals surface area contributed by atoms with Crippen molar-refractivity contribution in [1.29, 1.82) is 0 Å². The summed E-state index contributed by atoms with van der Waals surface area (Å²) in [5.41, 5.74) is 0. The highest BCUT2D eigenvalue weighted by Crippen LogP contribution is 2.16. The lowest BCUT2D eigenvalue weighted by atomic mass is 10.4. The Balaban J connectivity index is 3.56. The van der Waals surface area contributed by atoms with Crippen molar-refractivity contribution in [3.8, 4) is 0 Å². The van der Waals surface area contributed by atoms with Crippen LogP contribution >= 0.6 is 6.64 Å². The quantitative estimate of drug-likeness (QED) is 0.513. The summed E-state index contributed by atoms with van der Waals surface area (Å²) in [5.74, 6) is 0. The van der Waals surface area contributed by atoms with Gasteiger partial charge in [0, 0.05) is 6.04 Å². The van der Waals surface area contributed by atoms with Crippen LogP contribution in [0.25, 0.3) is 0 Å². The summed E-state index contributed by atoms with van der Waals surface area (Å²) in [7, 11) is 0. The van der Waals surface area contributed by atoms with Crippen LogP contribution in [0.15, 0.2) is 0 Å². The fourth-order valence-corrected chi connectivity index (χ4v) is 1.58. The molecule has 0 saturated heterocycles. The summed E-state index contributed by atoms with van der Waals surface area (Å²) >= 11 is 4.05. The van der Waals surface area contributed by atoms with E-state index in [4.69, 9.17) is 0 Å². The van der Waals surface area contributed by atoms with Crippen molar-refractivity contribution >= 4 is 18.4 Å². The SMILES string of the molecule is CC(C)NP([O-])([O-])=S. The summed E-state index contributed by atoms with van der Waals surface area (Å²) in [4.78, 5) is 20.3. The van der Waals surface area contributed by atoms with Gasteiger partial charge in [-0.2, -0.15) is 6.64 Å². The Morgan fingerprint density at radius 3 is 1.88 bits per heavy atom. The zero-order valence-electron chi connectivity index (χ0n) is 4.75. The molecule has 0 saturated carbocycles. The zero-order valence-corrected chi connectivity index (χ0v) is 6.46. The minimum Gasteiger partial charge on any atom is -0.821 e. The van der Waals surface area contributed by atoms with Crippen LogP contribution in [0.4, 0.5) is 0 Å². The lowest BCUT2D eigenvalue weighted by Gasteiger charge is -2.37. The molecule has 0 aromatic heterocycles. The summed E-state index contributed by atoms with van der Waals surface area (Å²) in [6.07, 6.45) is 0. The normalized spacial score (nSPS) is 12.6. The Labute approximate surface area is 54.0 Å². The van der Waals surface area contributed by atoms with Gasteiger partial charge >= 0.3 is 0 Å². The fourth-order valence-electron chi connectivity index (χ4n) is 0.316. The molecule has 0 atom stereocenters. The minimum atomic E-state index is -3.64. The van der Waals surface area contributed by atoms with Gasteiger partial charge < -0.3 is 14.9 Å². The lowest BCUT2D eigenvalue weighted by molar-refractivity contribution is -0.299. The first-order chi connectivity index (χ1) is 3.42. The van der Waals surface area contributed by atoms with Crippen LogP contribution in [0.3, 0.4) is 0 Å². The maximum atomic E-state index is 10.2. The third kappa shape index (κ3) is 6.53. The monoisotopic (exact) mass is 153 g/mol. The molecule has 0 fully saturated rings. The highest BCUT2D eigenvalue weighted by atomic mass is 32.5. The van der Waals surface area contributed by atoms with E-state index in [1.165, 1.54) is 0 Å². The molecule has 0 amide bonds. The molecule has 5 heteroatoms. The Morgan fingerprint density at radius 1 is 1.50 bits per heavy atom. The number of hydrogen-bond acceptors (Lipinski definition) is 3. The molecule has 50 valence electrons. The van der Waals surface area contributed by atoms with E-state index in [2.05, 4.69) is 16.9 Å². The predicted octanol–water partition coefficient (Wildman–Crippen LogP) is -1.07. The second-order valence-corrected chi connectivity index (χ2v) is 4.48. The van der Waals surface area contributed by atoms with Gasteiger partial charge in [-0.05, 0) is 13.8 Å². The molecule has 0 aliphatic heterocycles. The Morgan fingerprint density at radius 2 is 1.88 bits per heavy atom. The predicted molar refractivity (Wildman–Crippen MR) is 32.6 cm³/mol. The Kier molecular flexibility index (Phi) is 3.09. The second-order valence-electron chi connectivity index (χ2n) is 1.78. The highest BCUT2D eigenvalue weighted by Gasteiger charge is 1.87. The van der Waals surface area contributed by atoms with E-state index in [9.17, 15) is 9.79 Å². The third-order valence-corrected chi connectivity index (χ3v) is 1.57. The summed E-state index contributed by atoms with van der Waals surface area (Å²) in [5, 5.41) is 2.20. The zero-order chi connectivity index (χ0) is 6.78. The largest absolute Gasteiger partial charge is 0.821 e. The van der Waals surface area contributed by atoms with Crippen molar-refractivity contribution in [1.82, 2.24) is 5.09 Å². The molecule has 0 aromatic carbocycles. The second kappa shape index (κ2) is 2.90. The smallest absolute Gasteiger partial charge is 0.00305 e. The molecule has 0 rings (SSSR count). The van der Waals surface area contributed by atoms with Crippen molar-refractivity contribution in [2.75, 3.05) is 0 Å². The van der Waals surface area contributed by atoms with Crippen LogP contribution in [0.5, 0.6) is 0 Å². The average Bonchev–Trinajstić information content (AvgIpc) is 1.21. The van der Waals surface area contributed by atoms with Gasteiger partial charge in [0.1, 0.15) is 0 Å². The van der Waals surface area contributed by atoms with Gasteiger partial charge in [-0.3, -0.25) is 0 Å². The van der Waals surface area contributed by atoms with Crippen LogP contribution in [0, 0.1) is 0 Å². The van der Waals surface area contributed by atoms with E-state index in [1.54, 1.807) is 13.8 Å². The van der Waals surface area contributed by atoms with E-state index in [0.717, 1.165) is 0 Å². The molecule has 0 unspecified atom stereocenters. The van der Waals surface area contributed by atoms with Crippen molar-refractivity contribution < 1.29 is 9.79 Å². The summed E-state index contributed by atoms with van der Waals surface area (Å²) < 4.78 is 0. The molecule has 0 bridgehead atoms. The van der Waals surface area contributed by atoms with E-state index >= 15 is 0 Å². The molecule has 1 N–H and O–H groups in total. The number of nitrogens with one attached hydrogen (secondary N) is 1. The van der Waals surface area contributed by atoms with Crippen LogP contribution in [0.2, 0.25) is 0 Å². The Bertz CT molecular complexity index is 110. The van der Waals surface area contributed by atoms with Gasteiger partial charge in [0.2, 0.25) is 0 Å². The highest BCUT2D eigenvalue weighted by molar-refractivity contribution is 8.06. The van der Waals surface area contributed by atoms with Gasteiger partial charge in [-0.1, -0.05) is 0 Å². The average molecular weight is 153 g/mol. The van der Waals surface area contributed by atoms with Crippen LogP contribution in [-0.4, -0.2) is 6.04 Å². The first-order valence-electron chi connectivity index (χ1n) is 2.21. The van der Waals surface area contributed by atoms with Gasteiger partial charge in [0.05, 0.1) is 0 Å². The van der Waals surface area contributed by atoms with E-state index in [0.29, 0.717) is 0 Å².